The molecule has 2 saturated carbocycles. The van der Waals surface area contributed by atoms with Gasteiger partial charge in [0.25, 0.3) is 11.8 Å². The van der Waals surface area contributed by atoms with E-state index >= 15 is 8.78 Å². The number of methoxy groups -OCH3 is 2. The fourth-order valence-electron chi connectivity index (χ4n) is 10.4. The standard InChI is InChI=1S/C49H51F2N8O6/c1-24(2)39(56-46(62)64-5)44(60)58-23-48(15-16-48)21-38(58)42-52-22-37(55-42)28-9-13-32-31-12-8-26(18-33(31)49(50,51)34(32)19-28)27-10-14-35-36(20-27)54-43(53-35)41-29-7-11-30(17-29)59(41)45(61)40(25(3)4)57-47(63)65-6/h8-10,12-14,18-20,22,24-25,29-30,40H,7,11,15-17,21,23H2,1-6H3,(H,52,55)(H,53,54)(H,56,62)(H,57,63)/t29-,30+,40-/m0/s1. The number of hydrogen-bond acceptors (Lipinski definition) is 8. The Balaban J connectivity index is 0.896. The summed E-state index contributed by atoms with van der Waals surface area (Å²) in [4.78, 5) is 72.1. The SMILES string of the molecule is COC(=O)N[C](C(=O)N1CC2(CC2)C[C]1c1ncc(-c2ccc3c(c2)C(F)(F)c2cc(-c4ccc5nc([C]6[C@H]7CC[C@H](C7)N6C(=O)[C@@H](NC(=O)OC)C(C)C)[nH]c5c4)ccc2-3)[nH]1)C(C)C. The van der Waals surface area contributed by atoms with Crippen molar-refractivity contribution in [3.8, 4) is 33.5 Å². The van der Waals surface area contributed by atoms with Gasteiger partial charge in [0.15, 0.2) is 6.04 Å². The molecule has 65 heavy (non-hydrogen) atoms. The predicted molar refractivity (Wildman–Crippen MR) is 236 cm³/mol. The van der Waals surface area contributed by atoms with Crippen molar-refractivity contribution in [2.45, 2.75) is 84.2 Å². The van der Waals surface area contributed by atoms with Crippen LogP contribution >= 0.6 is 0 Å². The number of likely N-dealkylation sites (tertiary alicyclic amines) is 2. The number of carbonyl (C=O) groups is 4. The lowest BCUT2D eigenvalue weighted by Crippen LogP contribution is -2.54. The van der Waals surface area contributed by atoms with Crippen LogP contribution in [0.2, 0.25) is 0 Å². The summed E-state index contributed by atoms with van der Waals surface area (Å²) in [5, 5.41) is 5.32. The lowest BCUT2D eigenvalue weighted by atomic mass is 9.95. The van der Waals surface area contributed by atoms with E-state index in [1.165, 1.54) is 20.3 Å². The number of ether oxygens (including phenoxy) is 2. The highest BCUT2D eigenvalue weighted by Crippen LogP contribution is 2.59. The number of aromatic amines is 2. The monoisotopic (exact) mass is 885 g/mol. The van der Waals surface area contributed by atoms with Crippen molar-refractivity contribution in [1.82, 2.24) is 40.4 Å². The van der Waals surface area contributed by atoms with Crippen LogP contribution in [0.25, 0.3) is 44.5 Å². The number of hydrogen-bond donors (Lipinski definition) is 4. The van der Waals surface area contributed by atoms with Crippen molar-refractivity contribution in [1.29, 1.82) is 0 Å². The van der Waals surface area contributed by atoms with Gasteiger partial charge in [-0.05, 0) is 108 Å². The van der Waals surface area contributed by atoms with Crippen molar-refractivity contribution in [2.75, 3.05) is 20.8 Å². The van der Waals surface area contributed by atoms with Crippen LogP contribution in [0.3, 0.4) is 0 Å². The number of alkyl halides is 2. The minimum Gasteiger partial charge on any atom is -0.453 e. The van der Waals surface area contributed by atoms with Crippen LogP contribution in [-0.4, -0.2) is 86.6 Å². The molecule has 337 valence electrons. The lowest BCUT2D eigenvalue weighted by Gasteiger charge is -2.36. The van der Waals surface area contributed by atoms with Gasteiger partial charge in [-0.1, -0.05) is 58.0 Å². The first-order chi connectivity index (χ1) is 31.1. The summed E-state index contributed by atoms with van der Waals surface area (Å²) in [6.45, 7) is 7.91. The van der Waals surface area contributed by atoms with Crippen LogP contribution in [0.4, 0.5) is 18.4 Å². The minimum atomic E-state index is -3.30. The fourth-order valence-corrected chi connectivity index (χ4v) is 10.4. The summed E-state index contributed by atoms with van der Waals surface area (Å²) in [6, 6.07) is 16.8. The van der Waals surface area contributed by atoms with E-state index in [4.69, 9.17) is 14.5 Å². The molecule has 0 unspecified atom stereocenters. The molecule has 2 aromatic heterocycles. The molecule has 3 aliphatic carbocycles. The van der Waals surface area contributed by atoms with E-state index in [0.717, 1.165) is 43.7 Å². The second kappa shape index (κ2) is 15.7. The number of H-pyrrole nitrogens is 2. The molecule has 4 amide bonds. The van der Waals surface area contributed by atoms with Crippen LogP contribution in [0.15, 0.2) is 60.8 Å². The first kappa shape index (κ1) is 42.6. The Morgan fingerprint density at radius 1 is 0.846 bits per heavy atom. The van der Waals surface area contributed by atoms with Crippen molar-refractivity contribution >= 4 is 35.0 Å². The molecule has 4 heterocycles. The van der Waals surface area contributed by atoms with Crippen LogP contribution < -0.4 is 10.6 Å². The first-order valence-electron chi connectivity index (χ1n) is 22.3. The second-order valence-corrected chi connectivity index (χ2v) is 18.9. The number of benzene rings is 3. The molecule has 2 saturated heterocycles. The van der Waals surface area contributed by atoms with E-state index in [1.807, 2.05) is 56.9 Å². The Labute approximate surface area is 375 Å². The largest absolute Gasteiger partial charge is 0.453 e. The Morgan fingerprint density at radius 3 is 2.20 bits per heavy atom. The van der Waals surface area contributed by atoms with Crippen LogP contribution in [0.1, 0.15) is 89.0 Å². The summed E-state index contributed by atoms with van der Waals surface area (Å²) < 4.78 is 42.9. The number of piperidine rings is 1. The molecule has 16 heteroatoms. The third-order valence-corrected chi connectivity index (χ3v) is 14.1. The normalized spacial score (nSPS) is 20.8. The van der Waals surface area contributed by atoms with Gasteiger partial charge in [-0.2, -0.15) is 8.78 Å². The summed E-state index contributed by atoms with van der Waals surface area (Å²) in [5.41, 5.74) is 4.46. The van der Waals surface area contributed by atoms with Gasteiger partial charge < -0.3 is 39.9 Å². The van der Waals surface area contributed by atoms with E-state index in [0.29, 0.717) is 69.6 Å². The zero-order valence-electron chi connectivity index (χ0n) is 37.1. The van der Waals surface area contributed by atoms with Crippen LogP contribution in [0, 0.1) is 41.3 Å². The van der Waals surface area contributed by atoms with Gasteiger partial charge in [-0.15, -0.1) is 0 Å². The second-order valence-electron chi connectivity index (χ2n) is 18.9. The highest BCUT2D eigenvalue weighted by molar-refractivity contribution is 5.95. The van der Waals surface area contributed by atoms with Crippen LogP contribution in [0.5, 0.6) is 0 Å². The summed E-state index contributed by atoms with van der Waals surface area (Å²) in [5.74, 6) is -3.08. The number of carbonyl (C=O) groups excluding carboxylic acids is 4. The van der Waals surface area contributed by atoms with E-state index in [9.17, 15) is 19.2 Å². The molecular weight excluding hydrogens is 835 g/mol. The number of nitrogens with one attached hydrogen (secondary N) is 4. The Morgan fingerprint density at radius 2 is 1.52 bits per heavy atom. The van der Waals surface area contributed by atoms with E-state index in [-0.39, 0.29) is 58.2 Å². The maximum atomic E-state index is 16.7. The lowest BCUT2D eigenvalue weighted by molar-refractivity contribution is -0.135. The van der Waals surface area contributed by atoms with Gasteiger partial charge in [0.1, 0.15) is 29.8 Å². The number of rotatable bonds is 10. The molecule has 5 aromatic rings. The fraction of sp³-hybridized carbons (Fsp3) is 0.408. The number of imidazole rings is 2. The summed E-state index contributed by atoms with van der Waals surface area (Å²) in [6.07, 6.45) is 5.40. The Bertz CT molecular complexity index is 2740. The van der Waals surface area contributed by atoms with Gasteiger partial charge in [-0.25, -0.2) is 19.6 Å². The molecule has 4 fully saturated rings. The quantitative estimate of drug-likeness (QED) is 0.108. The highest BCUT2D eigenvalue weighted by Gasteiger charge is 2.56. The predicted octanol–water partition coefficient (Wildman–Crippen LogP) is 8.45. The first-order valence-corrected chi connectivity index (χ1v) is 22.3. The number of amides is 4. The van der Waals surface area contributed by atoms with Crippen molar-refractivity contribution in [3.05, 3.63) is 102 Å². The van der Waals surface area contributed by atoms with Crippen molar-refractivity contribution in [3.63, 3.8) is 0 Å². The van der Waals surface area contributed by atoms with Gasteiger partial charge >= 0.3 is 12.2 Å². The molecule has 10 rings (SSSR count). The molecule has 3 radical (unpaired) electrons. The number of alkyl carbamates (subject to hydrolysis) is 2. The van der Waals surface area contributed by atoms with E-state index in [1.54, 1.807) is 35.4 Å². The maximum absolute atomic E-state index is 16.7. The third-order valence-electron chi connectivity index (χ3n) is 14.1. The van der Waals surface area contributed by atoms with Gasteiger partial charge in [0, 0.05) is 29.3 Å². The molecule has 2 bridgehead atoms. The maximum Gasteiger partial charge on any atom is 0.407 e. The average molecular weight is 886 g/mol. The minimum absolute atomic E-state index is 0.00680. The zero-order valence-corrected chi connectivity index (χ0v) is 37.1. The molecule has 3 aromatic carbocycles. The molecule has 4 N–H and O–H groups in total. The topological polar surface area (TPSA) is 175 Å². The van der Waals surface area contributed by atoms with Gasteiger partial charge in [-0.3, -0.25) is 9.59 Å². The van der Waals surface area contributed by atoms with Gasteiger partial charge in [0.05, 0.1) is 37.1 Å². The number of halogens is 2. The molecule has 1 spiro atoms. The number of aromatic nitrogens is 4. The third kappa shape index (κ3) is 7.19. The van der Waals surface area contributed by atoms with Crippen molar-refractivity contribution in [2.24, 2.45) is 23.2 Å². The van der Waals surface area contributed by atoms with Crippen molar-refractivity contribution < 1.29 is 37.4 Å². The summed E-state index contributed by atoms with van der Waals surface area (Å²) in [7, 11) is 2.52. The summed E-state index contributed by atoms with van der Waals surface area (Å²) >= 11 is 0. The molecule has 14 nitrogen and oxygen atoms in total. The smallest absolute Gasteiger partial charge is 0.407 e. The Kier molecular flexibility index (Phi) is 10.3. The van der Waals surface area contributed by atoms with Crippen LogP contribution in [-0.2, 0) is 25.0 Å². The average Bonchev–Trinajstić information content (AvgIpc) is 3.95. The van der Waals surface area contributed by atoms with Gasteiger partial charge in [0.2, 0.25) is 5.91 Å². The number of nitrogens with zero attached hydrogens (tertiary/aromatic N) is 4. The number of fused-ring (bicyclic) bond motifs is 6. The molecule has 2 aliphatic heterocycles. The zero-order chi connectivity index (χ0) is 45.7. The molecular formula is C49H51F2N8O6. The molecule has 5 aliphatic rings. The Hall–Kier alpha value is -6.32. The van der Waals surface area contributed by atoms with E-state index < -0.39 is 24.2 Å². The highest BCUT2D eigenvalue weighted by atomic mass is 19.3. The molecule has 3 atom stereocenters. The van der Waals surface area contributed by atoms with E-state index in [2.05, 4.69) is 25.6 Å².